The number of rotatable bonds is 5. The van der Waals surface area contributed by atoms with Gasteiger partial charge in [0.15, 0.2) is 11.6 Å². The number of halogens is 2. The monoisotopic (exact) mass is 254 g/mol. The summed E-state index contributed by atoms with van der Waals surface area (Å²) in [5.74, 6) is -0.781. The summed E-state index contributed by atoms with van der Waals surface area (Å²) < 4.78 is 25.9. The molecule has 0 bridgehead atoms. The van der Waals surface area contributed by atoms with Crippen molar-refractivity contribution in [1.82, 2.24) is 10.2 Å². The van der Waals surface area contributed by atoms with Gasteiger partial charge in [-0.3, -0.25) is 0 Å². The summed E-state index contributed by atoms with van der Waals surface area (Å²) in [5, 5.41) is 3.35. The summed E-state index contributed by atoms with van der Waals surface area (Å²) in [6, 6.07) is 4.12. The third kappa shape index (κ3) is 3.75. The molecule has 0 spiro atoms. The van der Waals surface area contributed by atoms with Crippen LogP contribution in [0.1, 0.15) is 18.4 Å². The third-order valence-corrected chi connectivity index (χ3v) is 3.52. The standard InChI is InChI=1S/C14H20F2N2/c1-18(7-5-11-4-6-17-9-11)10-12-2-3-13(15)14(16)8-12/h2-3,8,11,17H,4-7,9-10H2,1H3. The van der Waals surface area contributed by atoms with Gasteiger partial charge in [0.1, 0.15) is 0 Å². The molecule has 1 unspecified atom stereocenters. The van der Waals surface area contributed by atoms with Crippen LogP contribution in [-0.4, -0.2) is 31.6 Å². The predicted octanol–water partition coefficient (Wildman–Crippen LogP) is 2.40. The van der Waals surface area contributed by atoms with Gasteiger partial charge in [-0.2, -0.15) is 0 Å². The second kappa shape index (κ2) is 6.25. The van der Waals surface area contributed by atoms with Crippen LogP contribution in [0.3, 0.4) is 0 Å². The summed E-state index contributed by atoms with van der Waals surface area (Å²) in [6.45, 7) is 3.89. The average Bonchev–Trinajstić information content (AvgIpc) is 2.84. The molecule has 1 aromatic rings. The van der Waals surface area contributed by atoms with E-state index in [2.05, 4.69) is 10.2 Å². The first-order chi connectivity index (χ1) is 8.65. The Labute approximate surface area is 107 Å². The van der Waals surface area contributed by atoms with Gasteiger partial charge < -0.3 is 10.2 Å². The van der Waals surface area contributed by atoms with Crippen LogP contribution in [0.5, 0.6) is 0 Å². The molecule has 1 aliphatic rings. The van der Waals surface area contributed by atoms with Gasteiger partial charge in [-0.15, -0.1) is 0 Å². The highest BCUT2D eigenvalue weighted by molar-refractivity contribution is 5.17. The van der Waals surface area contributed by atoms with E-state index in [1.54, 1.807) is 6.07 Å². The van der Waals surface area contributed by atoms with Crippen LogP contribution in [0.25, 0.3) is 0 Å². The van der Waals surface area contributed by atoms with Crippen LogP contribution < -0.4 is 5.32 Å². The molecule has 0 amide bonds. The summed E-state index contributed by atoms with van der Waals surface area (Å²) in [6.07, 6.45) is 2.41. The molecule has 2 nitrogen and oxygen atoms in total. The highest BCUT2D eigenvalue weighted by Gasteiger charge is 2.14. The highest BCUT2D eigenvalue weighted by atomic mass is 19.2. The Kier molecular flexibility index (Phi) is 4.66. The van der Waals surface area contributed by atoms with Crippen molar-refractivity contribution in [1.29, 1.82) is 0 Å². The van der Waals surface area contributed by atoms with Crippen molar-refractivity contribution < 1.29 is 8.78 Å². The van der Waals surface area contributed by atoms with E-state index >= 15 is 0 Å². The maximum absolute atomic E-state index is 13.1. The zero-order chi connectivity index (χ0) is 13.0. The molecular formula is C14H20F2N2. The second-order valence-corrected chi connectivity index (χ2v) is 5.13. The Morgan fingerprint density at radius 2 is 2.17 bits per heavy atom. The van der Waals surface area contributed by atoms with E-state index in [0.29, 0.717) is 6.54 Å². The highest BCUT2D eigenvalue weighted by Crippen LogP contribution is 2.14. The van der Waals surface area contributed by atoms with E-state index in [1.807, 2.05) is 7.05 Å². The Balaban J connectivity index is 1.78. The Bertz CT molecular complexity index is 389. The minimum Gasteiger partial charge on any atom is -0.316 e. The van der Waals surface area contributed by atoms with E-state index in [4.69, 9.17) is 0 Å². The molecule has 1 heterocycles. The Morgan fingerprint density at radius 1 is 1.33 bits per heavy atom. The number of hydrogen-bond acceptors (Lipinski definition) is 2. The van der Waals surface area contributed by atoms with Gasteiger partial charge in [0.05, 0.1) is 0 Å². The molecule has 1 saturated heterocycles. The van der Waals surface area contributed by atoms with Gasteiger partial charge in [-0.1, -0.05) is 6.07 Å². The van der Waals surface area contributed by atoms with Crippen LogP contribution in [0.4, 0.5) is 8.78 Å². The maximum Gasteiger partial charge on any atom is 0.159 e. The van der Waals surface area contributed by atoms with Crippen molar-refractivity contribution in [2.75, 3.05) is 26.7 Å². The minimum absolute atomic E-state index is 0.664. The topological polar surface area (TPSA) is 15.3 Å². The van der Waals surface area contributed by atoms with Crippen LogP contribution in [0, 0.1) is 17.6 Å². The zero-order valence-corrected chi connectivity index (χ0v) is 10.8. The lowest BCUT2D eigenvalue weighted by Gasteiger charge is -2.18. The zero-order valence-electron chi connectivity index (χ0n) is 10.8. The molecule has 100 valence electrons. The van der Waals surface area contributed by atoms with E-state index in [-0.39, 0.29) is 0 Å². The summed E-state index contributed by atoms with van der Waals surface area (Å²) in [4.78, 5) is 2.16. The number of hydrogen-bond donors (Lipinski definition) is 1. The molecule has 0 radical (unpaired) electrons. The van der Waals surface area contributed by atoms with E-state index in [9.17, 15) is 8.78 Å². The van der Waals surface area contributed by atoms with Crippen molar-refractivity contribution in [3.05, 3.63) is 35.4 Å². The molecule has 1 atom stereocenters. The second-order valence-electron chi connectivity index (χ2n) is 5.13. The predicted molar refractivity (Wildman–Crippen MR) is 68.3 cm³/mol. The largest absolute Gasteiger partial charge is 0.316 e. The Morgan fingerprint density at radius 3 is 2.83 bits per heavy atom. The van der Waals surface area contributed by atoms with E-state index in [0.717, 1.165) is 37.5 Å². The minimum atomic E-state index is -0.779. The molecule has 0 aliphatic carbocycles. The number of nitrogens with zero attached hydrogens (tertiary/aromatic N) is 1. The lowest BCUT2D eigenvalue weighted by molar-refractivity contribution is 0.297. The van der Waals surface area contributed by atoms with E-state index < -0.39 is 11.6 Å². The molecule has 1 fully saturated rings. The van der Waals surface area contributed by atoms with Crippen LogP contribution >= 0.6 is 0 Å². The van der Waals surface area contributed by atoms with Crippen molar-refractivity contribution in [3.8, 4) is 0 Å². The fourth-order valence-electron chi connectivity index (χ4n) is 2.39. The van der Waals surface area contributed by atoms with Gasteiger partial charge in [0.25, 0.3) is 0 Å². The molecule has 0 saturated carbocycles. The summed E-state index contributed by atoms with van der Waals surface area (Å²) in [7, 11) is 2.02. The molecule has 2 rings (SSSR count). The lowest BCUT2D eigenvalue weighted by Crippen LogP contribution is -2.22. The SMILES string of the molecule is CN(CCC1CCNC1)Cc1ccc(F)c(F)c1. The molecular weight excluding hydrogens is 234 g/mol. The molecule has 0 aromatic heterocycles. The molecule has 1 aliphatic heterocycles. The van der Waals surface area contributed by atoms with Crippen molar-refractivity contribution in [2.24, 2.45) is 5.92 Å². The molecule has 4 heteroatoms. The number of nitrogens with one attached hydrogen (secondary N) is 1. The maximum atomic E-state index is 13.1. The summed E-state index contributed by atoms with van der Waals surface area (Å²) >= 11 is 0. The lowest BCUT2D eigenvalue weighted by atomic mass is 10.0. The first kappa shape index (κ1) is 13.4. The third-order valence-electron chi connectivity index (χ3n) is 3.52. The van der Waals surface area contributed by atoms with Crippen molar-refractivity contribution in [3.63, 3.8) is 0 Å². The first-order valence-electron chi connectivity index (χ1n) is 6.48. The van der Waals surface area contributed by atoms with Gasteiger partial charge in [-0.25, -0.2) is 8.78 Å². The fourth-order valence-corrected chi connectivity index (χ4v) is 2.39. The Hall–Kier alpha value is -1.00. The molecule has 1 aromatic carbocycles. The fraction of sp³-hybridized carbons (Fsp3) is 0.571. The van der Waals surface area contributed by atoms with E-state index in [1.165, 1.54) is 18.6 Å². The van der Waals surface area contributed by atoms with Crippen LogP contribution in [-0.2, 0) is 6.54 Å². The average molecular weight is 254 g/mol. The smallest absolute Gasteiger partial charge is 0.159 e. The van der Waals surface area contributed by atoms with Crippen LogP contribution in [0.15, 0.2) is 18.2 Å². The first-order valence-corrected chi connectivity index (χ1v) is 6.48. The normalized spacial score (nSPS) is 19.7. The quantitative estimate of drug-likeness (QED) is 0.868. The van der Waals surface area contributed by atoms with Gasteiger partial charge in [-0.05, 0) is 63.1 Å². The van der Waals surface area contributed by atoms with Crippen molar-refractivity contribution in [2.45, 2.75) is 19.4 Å². The van der Waals surface area contributed by atoms with Crippen LogP contribution in [0.2, 0.25) is 0 Å². The number of benzene rings is 1. The molecule has 18 heavy (non-hydrogen) atoms. The summed E-state index contributed by atoms with van der Waals surface area (Å²) in [5.41, 5.74) is 0.820. The van der Waals surface area contributed by atoms with Gasteiger partial charge in [0, 0.05) is 6.54 Å². The van der Waals surface area contributed by atoms with Gasteiger partial charge >= 0.3 is 0 Å². The van der Waals surface area contributed by atoms with Crippen molar-refractivity contribution >= 4 is 0 Å². The van der Waals surface area contributed by atoms with Gasteiger partial charge in [0.2, 0.25) is 0 Å². The molecule has 1 N–H and O–H groups in total.